The van der Waals surface area contributed by atoms with Crippen molar-refractivity contribution in [2.75, 3.05) is 0 Å². The lowest BCUT2D eigenvalue weighted by Crippen LogP contribution is -2.39. The van der Waals surface area contributed by atoms with Gasteiger partial charge in [0.1, 0.15) is 10.7 Å². The molecule has 1 amide bonds. The van der Waals surface area contributed by atoms with Gasteiger partial charge in [-0.2, -0.15) is 5.26 Å². The van der Waals surface area contributed by atoms with E-state index >= 15 is 0 Å². The largest absolute Gasteiger partial charge is 0.349 e. The average molecular weight is 500 g/mol. The Morgan fingerprint density at radius 2 is 1.72 bits per heavy atom. The lowest BCUT2D eigenvalue weighted by atomic mass is 9.95. The van der Waals surface area contributed by atoms with Gasteiger partial charge in [0.15, 0.2) is 5.57 Å². The second-order valence-electron chi connectivity index (χ2n) is 9.91. The lowest BCUT2D eigenvalue weighted by molar-refractivity contribution is -0.116. The third-order valence-electron chi connectivity index (χ3n) is 6.88. The molecule has 1 heterocycles. The zero-order valence-electron chi connectivity index (χ0n) is 21.4. The molecule has 0 radical (unpaired) electrons. The molecule has 1 aliphatic rings. The number of nitriles is 1. The number of benzene rings is 2. The highest BCUT2D eigenvalue weighted by Crippen LogP contribution is 2.19. The number of amides is 1. The van der Waals surface area contributed by atoms with Gasteiger partial charge in [0.05, 0.1) is 10.2 Å². The summed E-state index contributed by atoms with van der Waals surface area (Å²) in [4.78, 5) is 27.1. The van der Waals surface area contributed by atoms with Crippen LogP contribution >= 0.6 is 11.3 Å². The first-order valence-corrected chi connectivity index (χ1v) is 13.5. The molecule has 0 bridgehead atoms. The van der Waals surface area contributed by atoms with Crippen molar-refractivity contribution in [1.29, 1.82) is 5.26 Å². The smallest absolute Gasteiger partial charge is 0.273 e. The van der Waals surface area contributed by atoms with Gasteiger partial charge in [-0.3, -0.25) is 14.2 Å². The van der Waals surface area contributed by atoms with Crippen LogP contribution in [0.4, 0.5) is 0 Å². The lowest BCUT2D eigenvalue weighted by Gasteiger charge is -2.22. The van der Waals surface area contributed by atoms with Crippen molar-refractivity contribution in [2.24, 2.45) is 0 Å². The maximum absolute atomic E-state index is 13.8. The van der Waals surface area contributed by atoms with Crippen molar-refractivity contribution in [3.8, 4) is 11.8 Å². The molecule has 1 aromatic heterocycles. The Hall–Kier alpha value is -3.43. The number of para-hydroxylation sites is 1. The number of carbonyl (C=O) groups excluding carboxylic acids is 1. The molecule has 36 heavy (non-hydrogen) atoms. The van der Waals surface area contributed by atoms with E-state index in [0.29, 0.717) is 15.1 Å². The SMILES string of the molecule is Cc1cccc(C)c1-n1c(=O)/c(=C/c2ccc(C(C)C)cc2)s/c1=C(/C#N)C(=O)NC1CCCCC1. The van der Waals surface area contributed by atoms with Gasteiger partial charge in [0.2, 0.25) is 0 Å². The molecule has 1 saturated carbocycles. The zero-order valence-corrected chi connectivity index (χ0v) is 22.2. The fourth-order valence-corrected chi connectivity index (χ4v) is 5.93. The fourth-order valence-electron chi connectivity index (χ4n) is 4.84. The number of carbonyl (C=O) groups is 1. The summed E-state index contributed by atoms with van der Waals surface area (Å²) >= 11 is 1.20. The summed E-state index contributed by atoms with van der Waals surface area (Å²) in [6, 6.07) is 16.2. The van der Waals surface area contributed by atoms with Gasteiger partial charge in [-0.05, 0) is 60.9 Å². The van der Waals surface area contributed by atoms with Crippen LogP contribution in [0.25, 0.3) is 17.3 Å². The van der Waals surface area contributed by atoms with Gasteiger partial charge < -0.3 is 5.32 Å². The van der Waals surface area contributed by atoms with Crippen molar-refractivity contribution in [3.05, 3.63) is 84.3 Å². The maximum atomic E-state index is 13.8. The molecule has 0 aliphatic heterocycles. The highest BCUT2D eigenvalue weighted by molar-refractivity contribution is 7.07. The van der Waals surface area contributed by atoms with Crippen LogP contribution in [-0.4, -0.2) is 16.5 Å². The average Bonchev–Trinajstić information content (AvgIpc) is 3.16. The van der Waals surface area contributed by atoms with E-state index in [1.807, 2.05) is 50.3 Å². The molecule has 2 aromatic carbocycles. The summed E-state index contributed by atoms with van der Waals surface area (Å²) in [6.07, 6.45) is 7.02. The minimum absolute atomic E-state index is 0.0138. The molecule has 1 aliphatic carbocycles. The molecule has 0 saturated heterocycles. The minimum atomic E-state index is -0.404. The first kappa shape index (κ1) is 25.7. The fraction of sp³-hybridized carbons (Fsp3) is 0.367. The van der Waals surface area contributed by atoms with E-state index in [2.05, 4.69) is 37.4 Å². The van der Waals surface area contributed by atoms with Crippen molar-refractivity contribution >= 4 is 28.9 Å². The minimum Gasteiger partial charge on any atom is -0.349 e. The number of rotatable bonds is 5. The first-order valence-electron chi connectivity index (χ1n) is 12.7. The van der Waals surface area contributed by atoms with Crippen molar-refractivity contribution in [2.45, 2.75) is 71.8 Å². The van der Waals surface area contributed by atoms with Gasteiger partial charge in [0, 0.05) is 6.04 Å². The van der Waals surface area contributed by atoms with Gasteiger partial charge in [-0.15, -0.1) is 11.3 Å². The molecule has 4 rings (SSSR count). The van der Waals surface area contributed by atoms with Crippen LogP contribution in [0.2, 0.25) is 0 Å². The Morgan fingerprint density at radius 3 is 2.31 bits per heavy atom. The summed E-state index contributed by atoms with van der Waals surface area (Å²) in [5.41, 5.74) is 4.44. The molecular formula is C30H33N3O2S. The van der Waals surface area contributed by atoms with Gasteiger partial charge in [-0.25, -0.2) is 0 Å². The topological polar surface area (TPSA) is 74.9 Å². The maximum Gasteiger partial charge on any atom is 0.273 e. The van der Waals surface area contributed by atoms with E-state index in [1.165, 1.54) is 23.3 Å². The van der Waals surface area contributed by atoms with Gasteiger partial charge in [-0.1, -0.05) is 75.6 Å². The van der Waals surface area contributed by atoms with Gasteiger partial charge >= 0.3 is 0 Å². The molecule has 186 valence electrons. The second kappa shape index (κ2) is 11.1. The third-order valence-corrected chi connectivity index (χ3v) is 7.97. The van der Waals surface area contributed by atoms with E-state index < -0.39 is 5.91 Å². The first-order chi connectivity index (χ1) is 17.3. The molecule has 3 aromatic rings. The quantitative estimate of drug-likeness (QED) is 0.558. The highest BCUT2D eigenvalue weighted by atomic mass is 32.1. The van der Waals surface area contributed by atoms with Crippen LogP contribution in [-0.2, 0) is 4.79 Å². The predicted molar refractivity (Wildman–Crippen MR) is 147 cm³/mol. The van der Waals surface area contributed by atoms with E-state index in [1.54, 1.807) is 4.57 Å². The molecule has 1 fully saturated rings. The Balaban J connectivity index is 1.93. The zero-order chi connectivity index (χ0) is 25.8. The Labute approximate surface area is 216 Å². The van der Waals surface area contributed by atoms with E-state index in [9.17, 15) is 14.9 Å². The predicted octanol–water partition coefficient (Wildman–Crippen LogP) is 4.59. The number of aromatic nitrogens is 1. The van der Waals surface area contributed by atoms with Crippen LogP contribution in [0.3, 0.4) is 0 Å². The number of thiazole rings is 1. The summed E-state index contributed by atoms with van der Waals surface area (Å²) < 4.78 is 2.42. The summed E-state index contributed by atoms with van der Waals surface area (Å²) in [7, 11) is 0. The molecule has 0 spiro atoms. The Bertz CT molecular complexity index is 1460. The van der Waals surface area contributed by atoms with Crippen LogP contribution in [0.5, 0.6) is 0 Å². The van der Waals surface area contributed by atoms with Gasteiger partial charge in [0.25, 0.3) is 11.5 Å². The molecule has 0 atom stereocenters. The Kier molecular flexibility index (Phi) is 7.91. The molecule has 1 N–H and O–H groups in total. The van der Waals surface area contributed by atoms with Crippen LogP contribution in [0.1, 0.15) is 74.1 Å². The normalized spacial score (nSPS) is 15.6. The number of aryl methyl sites for hydroxylation is 2. The molecule has 5 nitrogen and oxygen atoms in total. The number of nitrogens with zero attached hydrogens (tertiary/aromatic N) is 2. The van der Waals surface area contributed by atoms with Crippen LogP contribution in [0.15, 0.2) is 47.3 Å². The van der Waals surface area contributed by atoms with E-state index in [-0.39, 0.29) is 17.2 Å². The van der Waals surface area contributed by atoms with E-state index in [0.717, 1.165) is 48.1 Å². The Morgan fingerprint density at radius 1 is 1.08 bits per heavy atom. The second-order valence-corrected chi connectivity index (χ2v) is 10.9. The van der Waals surface area contributed by atoms with Crippen molar-refractivity contribution < 1.29 is 4.79 Å². The third kappa shape index (κ3) is 5.37. The number of hydrogen-bond donors (Lipinski definition) is 1. The standard InChI is InChI=1S/C30H33N3O2S/c1-19(2)23-15-13-22(14-16-23)17-26-29(35)33(27-20(3)9-8-10-21(27)4)30(36-26)25(18-31)28(34)32-24-11-6-5-7-12-24/h8-10,13-17,19,24H,5-7,11-12H2,1-4H3,(H,32,34)/b26-17-,30-25-. The molecular weight excluding hydrogens is 466 g/mol. The number of hydrogen-bond acceptors (Lipinski definition) is 4. The van der Waals surface area contributed by atoms with Crippen LogP contribution in [0, 0.1) is 25.2 Å². The molecule has 0 unspecified atom stereocenters. The molecule has 6 heteroatoms. The van der Waals surface area contributed by atoms with Crippen molar-refractivity contribution in [1.82, 2.24) is 9.88 Å². The monoisotopic (exact) mass is 499 g/mol. The summed E-state index contributed by atoms with van der Waals surface area (Å²) in [5, 5.41) is 13.1. The number of nitrogens with one attached hydrogen (secondary N) is 1. The summed E-state index contributed by atoms with van der Waals surface area (Å²) in [6.45, 7) is 8.17. The van der Waals surface area contributed by atoms with E-state index in [4.69, 9.17) is 0 Å². The highest BCUT2D eigenvalue weighted by Gasteiger charge is 2.22. The summed E-state index contributed by atoms with van der Waals surface area (Å²) in [5.74, 6) is 0.0163. The van der Waals surface area contributed by atoms with Crippen molar-refractivity contribution in [3.63, 3.8) is 0 Å². The van der Waals surface area contributed by atoms with Crippen LogP contribution < -0.4 is 20.1 Å².